The number of nitrogens with one attached hydrogen (secondary N) is 2. The minimum absolute atomic E-state index is 0.0165. The third-order valence-corrected chi connectivity index (χ3v) is 4.03. The Bertz CT molecular complexity index is 1050. The predicted molar refractivity (Wildman–Crippen MR) is 107 cm³/mol. The molecule has 1 aromatic heterocycles. The first-order chi connectivity index (χ1) is 14.0. The van der Waals surface area contributed by atoms with Gasteiger partial charge in [0.05, 0.1) is 12.7 Å². The number of methoxy groups -OCH3 is 1. The lowest BCUT2D eigenvalue weighted by atomic mass is 10.1. The van der Waals surface area contributed by atoms with Gasteiger partial charge in [0, 0.05) is 23.0 Å². The first kappa shape index (κ1) is 19.7. The number of carbonyl (C=O) groups excluding carboxylic acids is 3. The highest BCUT2D eigenvalue weighted by molar-refractivity contribution is 6.03. The van der Waals surface area contributed by atoms with Crippen molar-refractivity contribution < 1.29 is 19.1 Å². The largest absolute Gasteiger partial charge is 0.465 e. The van der Waals surface area contributed by atoms with Crippen molar-refractivity contribution in [1.82, 2.24) is 9.97 Å². The van der Waals surface area contributed by atoms with Crippen LogP contribution < -0.4 is 10.6 Å². The number of aromatic nitrogens is 2. The number of esters is 1. The summed E-state index contributed by atoms with van der Waals surface area (Å²) in [6.45, 7) is 1.50. The van der Waals surface area contributed by atoms with Gasteiger partial charge in [0.1, 0.15) is 17.8 Å². The van der Waals surface area contributed by atoms with Crippen molar-refractivity contribution in [2.24, 2.45) is 0 Å². The number of nitrogens with zero attached hydrogens (tertiary/aromatic N) is 2. The molecule has 29 heavy (non-hydrogen) atoms. The van der Waals surface area contributed by atoms with Crippen molar-refractivity contribution in [3.63, 3.8) is 0 Å². The third kappa shape index (κ3) is 5.01. The molecule has 2 aromatic carbocycles. The van der Waals surface area contributed by atoms with Gasteiger partial charge in [-0.05, 0) is 55.5 Å². The Kier molecular flexibility index (Phi) is 5.94. The maximum Gasteiger partial charge on any atom is 0.337 e. The zero-order valence-electron chi connectivity index (χ0n) is 15.8. The first-order valence-electron chi connectivity index (χ1n) is 8.66. The van der Waals surface area contributed by atoms with Gasteiger partial charge in [0.2, 0.25) is 0 Å². The van der Waals surface area contributed by atoms with Crippen LogP contribution in [0, 0.1) is 0 Å². The highest BCUT2D eigenvalue weighted by atomic mass is 16.5. The van der Waals surface area contributed by atoms with Crippen molar-refractivity contribution in [3.05, 3.63) is 77.7 Å². The molecule has 8 heteroatoms. The molecule has 0 fully saturated rings. The summed E-state index contributed by atoms with van der Waals surface area (Å²) < 4.78 is 4.64. The van der Waals surface area contributed by atoms with E-state index in [-0.39, 0.29) is 11.5 Å². The molecule has 0 atom stereocenters. The number of benzene rings is 2. The molecule has 1 amide bonds. The standard InChI is InChI=1S/C21H18N4O4/c1-13(26)14-3-7-16(8-4-14)24-19-11-18(22-12-23-19)20(27)25-17-9-5-15(6-10-17)21(28)29-2/h3-12H,1-2H3,(H,25,27)(H,22,23,24). The van der Waals surface area contributed by atoms with Gasteiger partial charge in [-0.25, -0.2) is 14.8 Å². The zero-order valence-corrected chi connectivity index (χ0v) is 15.8. The molecule has 0 aliphatic heterocycles. The van der Waals surface area contributed by atoms with Crippen LogP contribution in [0.1, 0.15) is 38.1 Å². The van der Waals surface area contributed by atoms with Crippen LogP contribution in [0.5, 0.6) is 0 Å². The van der Waals surface area contributed by atoms with E-state index in [1.54, 1.807) is 48.5 Å². The topological polar surface area (TPSA) is 110 Å². The molecule has 0 spiro atoms. The summed E-state index contributed by atoms with van der Waals surface area (Å²) in [6, 6.07) is 14.7. The lowest BCUT2D eigenvalue weighted by Gasteiger charge is -2.08. The van der Waals surface area contributed by atoms with Crippen molar-refractivity contribution in [2.75, 3.05) is 17.7 Å². The number of amides is 1. The minimum atomic E-state index is -0.453. The van der Waals surface area contributed by atoms with E-state index in [4.69, 9.17) is 0 Å². The molecule has 2 N–H and O–H groups in total. The highest BCUT2D eigenvalue weighted by Crippen LogP contribution is 2.17. The van der Waals surface area contributed by atoms with E-state index in [9.17, 15) is 14.4 Å². The lowest BCUT2D eigenvalue weighted by Crippen LogP contribution is -2.14. The monoisotopic (exact) mass is 390 g/mol. The second-order valence-electron chi connectivity index (χ2n) is 6.07. The molecule has 0 unspecified atom stereocenters. The second-order valence-corrected chi connectivity index (χ2v) is 6.07. The molecule has 146 valence electrons. The van der Waals surface area contributed by atoms with Gasteiger partial charge in [0.25, 0.3) is 5.91 Å². The summed E-state index contributed by atoms with van der Waals surface area (Å²) in [5, 5.41) is 5.77. The zero-order chi connectivity index (χ0) is 20.8. The second kappa shape index (κ2) is 8.75. The maximum absolute atomic E-state index is 12.5. The van der Waals surface area contributed by atoms with Crippen LogP contribution in [0.15, 0.2) is 60.9 Å². The number of ketones is 1. The summed E-state index contributed by atoms with van der Waals surface area (Å²) in [4.78, 5) is 43.3. The van der Waals surface area contributed by atoms with E-state index in [0.717, 1.165) is 5.69 Å². The minimum Gasteiger partial charge on any atom is -0.465 e. The Morgan fingerprint density at radius 2 is 1.48 bits per heavy atom. The Morgan fingerprint density at radius 1 is 0.862 bits per heavy atom. The van der Waals surface area contributed by atoms with Gasteiger partial charge in [-0.2, -0.15) is 0 Å². The summed E-state index contributed by atoms with van der Waals surface area (Å²) >= 11 is 0. The van der Waals surface area contributed by atoms with Crippen molar-refractivity contribution in [2.45, 2.75) is 6.92 Å². The summed E-state index contributed by atoms with van der Waals surface area (Å²) in [5.41, 5.74) is 2.39. The van der Waals surface area contributed by atoms with Crippen molar-refractivity contribution in [3.8, 4) is 0 Å². The fourth-order valence-corrected chi connectivity index (χ4v) is 2.49. The van der Waals surface area contributed by atoms with Gasteiger partial charge in [-0.15, -0.1) is 0 Å². The van der Waals surface area contributed by atoms with Crippen LogP contribution in [0.2, 0.25) is 0 Å². The molecule has 0 saturated heterocycles. The van der Waals surface area contributed by atoms with Crippen LogP contribution in [0.3, 0.4) is 0 Å². The van der Waals surface area contributed by atoms with Crippen LogP contribution >= 0.6 is 0 Å². The predicted octanol–water partition coefficient (Wildman–Crippen LogP) is 3.46. The molecular formula is C21H18N4O4. The van der Waals surface area contributed by atoms with E-state index in [2.05, 4.69) is 25.3 Å². The smallest absolute Gasteiger partial charge is 0.337 e. The summed E-state index contributed by atoms with van der Waals surface area (Å²) in [7, 11) is 1.30. The number of hydrogen-bond donors (Lipinski definition) is 2. The summed E-state index contributed by atoms with van der Waals surface area (Å²) in [5.74, 6) is -0.460. The van der Waals surface area contributed by atoms with Crippen molar-refractivity contribution in [1.29, 1.82) is 0 Å². The summed E-state index contributed by atoms with van der Waals surface area (Å²) in [6.07, 6.45) is 1.28. The maximum atomic E-state index is 12.5. The van der Waals surface area contributed by atoms with Crippen LogP contribution in [0.25, 0.3) is 0 Å². The van der Waals surface area contributed by atoms with Gasteiger partial charge < -0.3 is 15.4 Å². The molecule has 0 saturated carbocycles. The molecule has 1 heterocycles. The molecule has 0 bridgehead atoms. The van der Waals surface area contributed by atoms with Gasteiger partial charge in [-0.1, -0.05) is 0 Å². The highest BCUT2D eigenvalue weighted by Gasteiger charge is 2.11. The quantitative estimate of drug-likeness (QED) is 0.490. The molecule has 0 aliphatic carbocycles. The van der Waals surface area contributed by atoms with Gasteiger partial charge in [0.15, 0.2) is 5.78 Å². The Labute approximate surface area is 167 Å². The number of rotatable bonds is 6. The van der Waals surface area contributed by atoms with E-state index >= 15 is 0 Å². The van der Waals surface area contributed by atoms with Gasteiger partial charge in [-0.3, -0.25) is 9.59 Å². The SMILES string of the molecule is COC(=O)c1ccc(NC(=O)c2cc(Nc3ccc(C(C)=O)cc3)ncn2)cc1. The molecule has 3 aromatic rings. The Hall–Kier alpha value is -4.07. The molecular weight excluding hydrogens is 372 g/mol. The number of anilines is 3. The van der Waals surface area contributed by atoms with E-state index in [0.29, 0.717) is 22.6 Å². The molecule has 0 aliphatic rings. The van der Waals surface area contributed by atoms with Crippen LogP contribution in [-0.2, 0) is 4.74 Å². The number of ether oxygens (including phenoxy) is 1. The number of Topliss-reactive ketones (excluding diaryl/α,β-unsaturated/α-hetero) is 1. The van der Waals surface area contributed by atoms with Gasteiger partial charge >= 0.3 is 5.97 Å². The number of hydrogen-bond acceptors (Lipinski definition) is 7. The van der Waals surface area contributed by atoms with E-state index < -0.39 is 11.9 Å². The fraction of sp³-hybridized carbons (Fsp3) is 0.0952. The number of carbonyl (C=O) groups is 3. The van der Waals surface area contributed by atoms with E-state index in [1.807, 2.05) is 0 Å². The lowest BCUT2D eigenvalue weighted by molar-refractivity contribution is 0.0600. The average molecular weight is 390 g/mol. The Balaban J connectivity index is 1.69. The van der Waals surface area contributed by atoms with Crippen LogP contribution in [0.4, 0.5) is 17.2 Å². The van der Waals surface area contributed by atoms with E-state index in [1.165, 1.54) is 26.4 Å². The average Bonchev–Trinajstić information content (AvgIpc) is 2.74. The Morgan fingerprint density at radius 3 is 2.10 bits per heavy atom. The molecule has 8 nitrogen and oxygen atoms in total. The molecule has 0 radical (unpaired) electrons. The third-order valence-electron chi connectivity index (χ3n) is 4.03. The molecule has 3 rings (SSSR count). The fourth-order valence-electron chi connectivity index (χ4n) is 2.49. The first-order valence-corrected chi connectivity index (χ1v) is 8.66. The van der Waals surface area contributed by atoms with Crippen molar-refractivity contribution >= 4 is 34.9 Å². The van der Waals surface area contributed by atoms with Crippen LogP contribution in [-0.4, -0.2) is 34.7 Å². The normalized spacial score (nSPS) is 10.1.